The van der Waals surface area contributed by atoms with Crippen LogP contribution in [0.15, 0.2) is 34.4 Å². The van der Waals surface area contributed by atoms with E-state index >= 15 is 0 Å². The third kappa shape index (κ3) is 3.49. The summed E-state index contributed by atoms with van der Waals surface area (Å²) < 4.78 is 5.69. The topological polar surface area (TPSA) is 95.9 Å². The third-order valence-corrected chi connectivity index (χ3v) is 2.62. The predicted octanol–water partition coefficient (Wildman–Crippen LogP) is 1.92. The van der Waals surface area contributed by atoms with E-state index in [-0.39, 0.29) is 0 Å². The minimum atomic E-state index is -1.51. The molecule has 96 valence electrons. The lowest BCUT2D eigenvalue weighted by atomic mass is 10.2. The van der Waals surface area contributed by atoms with Gasteiger partial charge in [0.15, 0.2) is 5.57 Å². The largest absolute Gasteiger partial charge is 0.496 e. The van der Waals surface area contributed by atoms with Gasteiger partial charge in [0.25, 0.3) is 0 Å². The van der Waals surface area contributed by atoms with E-state index in [0.717, 1.165) is 6.20 Å². The van der Waals surface area contributed by atoms with E-state index in [1.54, 1.807) is 18.2 Å². The van der Waals surface area contributed by atoms with Crippen molar-refractivity contribution in [1.82, 2.24) is 0 Å². The van der Waals surface area contributed by atoms with Gasteiger partial charge in [0.2, 0.25) is 0 Å². The van der Waals surface area contributed by atoms with Crippen molar-refractivity contribution in [2.45, 2.75) is 0 Å². The second-order valence-electron chi connectivity index (χ2n) is 3.16. The minimum Gasteiger partial charge on any atom is -0.496 e. The highest BCUT2D eigenvalue weighted by Crippen LogP contribution is 2.27. The zero-order valence-corrected chi connectivity index (χ0v) is 10.9. The molecular weight excluding hydrogens is 306 g/mol. The van der Waals surface area contributed by atoms with Gasteiger partial charge in [-0.3, -0.25) is 0 Å². The highest BCUT2D eigenvalue weighted by atomic mass is 79.9. The molecule has 0 heterocycles. The van der Waals surface area contributed by atoms with Gasteiger partial charge in [-0.05, 0) is 34.1 Å². The van der Waals surface area contributed by atoms with Crippen LogP contribution in [0.3, 0.4) is 0 Å². The number of benzene rings is 1. The quantitative estimate of drug-likeness (QED) is 0.436. The number of ether oxygens (including phenoxy) is 1. The van der Waals surface area contributed by atoms with Crippen LogP contribution in [0.25, 0.3) is 0 Å². The summed E-state index contributed by atoms with van der Waals surface area (Å²) in [5, 5.41) is 19.9. The molecule has 1 aromatic rings. The van der Waals surface area contributed by atoms with Gasteiger partial charge in [-0.25, -0.2) is 9.59 Å². The van der Waals surface area contributed by atoms with Crippen molar-refractivity contribution in [3.8, 4) is 5.75 Å². The average Bonchev–Trinajstić information content (AvgIpc) is 2.28. The summed E-state index contributed by atoms with van der Waals surface area (Å²) in [5.74, 6) is -2.41. The van der Waals surface area contributed by atoms with Gasteiger partial charge in [0, 0.05) is 11.9 Å². The Hall–Kier alpha value is -2.02. The Labute approximate surface area is 111 Å². The molecule has 0 aliphatic rings. The number of hydrogen-bond donors (Lipinski definition) is 3. The molecule has 3 N–H and O–H groups in total. The summed E-state index contributed by atoms with van der Waals surface area (Å²) in [7, 11) is 1.51. The van der Waals surface area contributed by atoms with Crippen LogP contribution < -0.4 is 10.1 Å². The molecule has 1 aromatic carbocycles. The molecule has 0 aliphatic carbocycles. The Balaban J connectivity index is 2.91. The van der Waals surface area contributed by atoms with E-state index in [1.807, 2.05) is 0 Å². The second kappa shape index (κ2) is 6.06. The maximum Gasteiger partial charge on any atom is 0.344 e. The monoisotopic (exact) mass is 315 g/mol. The first-order valence-corrected chi connectivity index (χ1v) is 5.52. The first kappa shape index (κ1) is 14.0. The van der Waals surface area contributed by atoms with Crippen molar-refractivity contribution in [3.63, 3.8) is 0 Å². The van der Waals surface area contributed by atoms with Crippen molar-refractivity contribution in [3.05, 3.63) is 34.4 Å². The lowest BCUT2D eigenvalue weighted by Gasteiger charge is -2.06. The van der Waals surface area contributed by atoms with Crippen molar-refractivity contribution in [2.24, 2.45) is 0 Å². The van der Waals surface area contributed by atoms with E-state index in [1.165, 1.54) is 7.11 Å². The molecule has 0 spiro atoms. The molecule has 0 aliphatic heterocycles. The number of carboxylic acids is 2. The summed E-state index contributed by atoms with van der Waals surface area (Å²) in [5.41, 5.74) is -0.218. The van der Waals surface area contributed by atoms with Gasteiger partial charge in [0.05, 0.1) is 11.6 Å². The number of hydrogen-bond acceptors (Lipinski definition) is 4. The standard InChI is InChI=1S/C11H10BrNO5/c1-18-9-3-2-6(4-8(9)12)13-5-7(10(14)15)11(16)17/h2-5,13H,1H3,(H,14,15)(H,16,17). The third-order valence-electron chi connectivity index (χ3n) is 2.00. The number of halogens is 1. The second-order valence-corrected chi connectivity index (χ2v) is 4.02. The molecule has 0 bridgehead atoms. The number of aliphatic carboxylic acids is 2. The van der Waals surface area contributed by atoms with Crippen molar-refractivity contribution in [1.29, 1.82) is 0 Å². The highest BCUT2D eigenvalue weighted by Gasteiger charge is 2.15. The summed E-state index contributed by atoms with van der Waals surface area (Å²) in [6, 6.07) is 4.92. The van der Waals surface area contributed by atoms with E-state index in [4.69, 9.17) is 14.9 Å². The summed E-state index contributed by atoms with van der Waals surface area (Å²) in [4.78, 5) is 21.2. The van der Waals surface area contributed by atoms with Gasteiger partial charge in [-0.2, -0.15) is 0 Å². The van der Waals surface area contributed by atoms with E-state index in [2.05, 4.69) is 21.2 Å². The number of nitrogens with one attached hydrogen (secondary N) is 1. The Morgan fingerprint density at radius 2 is 1.94 bits per heavy atom. The van der Waals surface area contributed by atoms with E-state index in [0.29, 0.717) is 15.9 Å². The molecule has 0 saturated heterocycles. The van der Waals surface area contributed by atoms with Gasteiger partial charge in [-0.15, -0.1) is 0 Å². The van der Waals surface area contributed by atoms with Gasteiger partial charge in [-0.1, -0.05) is 0 Å². The molecule has 6 nitrogen and oxygen atoms in total. The van der Waals surface area contributed by atoms with Crippen LogP contribution in [-0.2, 0) is 9.59 Å². The molecule has 18 heavy (non-hydrogen) atoms. The van der Waals surface area contributed by atoms with Gasteiger partial charge >= 0.3 is 11.9 Å². The lowest BCUT2D eigenvalue weighted by Crippen LogP contribution is -2.12. The number of methoxy groups -OCH3 is 1. The van der Waals surface area contributed by atoms with Crippen molar-refractivity contribution < 1.29 is 24.5 Å². The van der Waals surface area contributed by atoms with Crippen LogP contribution in [0, 0.1) is 0 Å². The zero-order valence-electron chi connectivity index (χ0n) is 9.31. The summed E-state index contributed by atoms with van der Waals surface area (Å²) in [6.45, 7) is 0. The molecule has 0 amide bonds. The molecule has 0 radical (unpaired) electrons. The fraction of sp³-hybridized carbons (Fsp3) is 0.0909. The fourth-order valence-electron chi connectivity index (χ4n) is 1.13. The van der Waals surface area contributed by atoms with Crippen LogP contribution in [0.2, 0.25) is 0 Å². The highest BCUT2D eigenvalue weighted by molar-refractivity contribution is 9.10. The molecule has 0 fully saturated rings. The molecule has 0 atom stereocenters. The van der Waals surface area contributed by atoms with Crippen LogP contribution in [-0.4, -0.2) is 29.3 Å². The number of carboxylic acid groups (broad SMARTS) is 2. The molecular formula is C11H10BrNO5. The molecule has 7 heteroatoms. The van der Waals surface area contributed by atoms with Crippen LogP contribution in [0.1, 0.15) is 0 Å². The Bertz CT molecular complexity index is 496. The predicted molar refractivity (Wildman–Crippen MR) is 67.7 cm³/mol. The maximum absolute atomic E-state index is 10.6. The Morgan fingerprint density at radius 1 is 1.33 bits per heavy atom. The lowest BCUT2D eigenvalue weighted by molar-refractivity contribution is -0.140. The average molecular weight is 316 g/mol. The van der Waals surface area contributed by atoms with Crippen LogP contribution in [0.4, 0.5) is 5.69 Å². The fourth-order valence-corrected chi connectivity index (χ4v) is 1.67. The number of rotatable bonds is 5. The van der Waals surface area contributed by atoms with E-state index < -0.39 is 17.5 Å². The smallest absolute Gasteiger partial charge is 0.344 e. The molecule has 0 saturated carbocycles. The molecule has 1 rings (SSSR count). The summed E-state index contributed by atoms with van der Waals surface area (Å²) >= 11 is 3.25. The van der Waals surface area contributed by atoms with Gasteiger partial charge < -0.3 is 20.3 Å². The first-order valence-electron chi connectivity index (χ1n) is 4.72. The zero-order chi connectivity index (χ0) is 13.7. The SMILES string of the molecule is COc1ccc(NC=C(C(=O)O)C(=O)O)cc1Br. The summed E-state index contributed by atoms with van der Waals surface area (Å²) in [6.07, 6.45) is 0.916. The maximum atomic E-state index is 10.6. The van der Waals surface area contributed by atoms with Crippen LogP contribution >= 0.6 is 15.9 Å². The van der Waals surface area contributed by atoms with E-state index in [9.17, 15) is 9.59 Å². The minimum absolute atomic E-state index is 0.530. The molecule has 0 aromatic heterocycles. The normalized spacial score (nSPS) is 9.44. The number of anilines is 1. The Kier molecular flexibility index (Phi) is 4.73. The number of carbonyl (C=O) groups is 2. The first-order chi connectivity index (χ1) is 8.45. The van der Waals surface area contributed by atoms with Crippen LogP contribution in [0.5, 0.6) is 5.75 Å². The molecule has 0 unspecified atom stereocenters. The Morgan fingerprint density at radius 3 is 2.39 bits per heavy atom. The van der Waals surface area contributed by atoms with Crippen molar-refractivity contribution in [2.75, 3.05) is 12.4 Å². The van der Waals surface area contributed by atoms with Crippen molar-refractivity contribution >= 4 is 33.6 Å². The van der Waals surface area contributed by atoms with Gasteiger partial charge in [0.1, 0.15) is 5.75 Å².